The van der Waals surface area contributed by atoms with Crippen molar-refractivity contribution in [1.29, 1.82) is 0 Å². The molecule has 3 aromatic rings. The minimum absolute atomic E-state index is 0.114. The fourth-order valence-electron chi connectivity index (χ4n) is 2.61. The second-order valence-electron chi connectivity index (χ2n) is 4.96. The fraction of sp³-hybridized carbons (Fsp3) is 0.111. The normalized spacial score (nSPS) is 10.7. The first kappa shape index (κ1) is 15.8. The highest BCUT2D eigenvalue weighted by Gasteiger charge is 2.22. The Morgan fingerprint density at radius 3 is 2.57 bits per heavy atom. The van der Waals surface area contributed by atoms with Crippen LogP contribution in [0.2, 0.25) is 5.02 Å². The number of carbonyl (C=O) groups excluding carboxylic acids is 1. The SMILES string of the molecule is COC(=O)c1c(CCl)nc2ccc(Cl)cc2c1-c1ccccc1. The van der Waals surface area contributed by atoms with Crippen molar-refractivity contribution in [3.05, 3.63) is 64.8 Å². The third-order valence-corrected chi connectivity index (χ3v) is 4.09. The highest BCUT2D eigenvalue weighted by atomic mass is 35.5. The van der Waals surface area contributed by atoms with Crippen LogP contribution in [0.5, 0.6) is 0 Å². The molecule has 1 heterocycles. The largest absolute Gasteiger partial charge is 0.465 e. The summed E-state index contributed by atoms with van der Waals surface area (Å²) in [7, 11) is 1.34. The van der Waals surface area contributed by atoms with Crippen LogP contribution in [0, 0.1) is 0 Å². The molecule has 0 spiro atoms. The van der Waals surface area contributed by atoms with Gasteiger partial charge in [0.2, 0.25) is 0 Å². The Balaban J connectivity index is 2.48. The number of methoxy groups -OCH3 is 1. The third-order valence-electron chi connectivity index (χ3n) is 3.60. The van der Waals surface area contributed by atoms with Gasteiger partial charge in [-0.3, -0.25) is 4.98 Å². The Labute approximate surface area is 143 Å². The van der Waals surface area contributed by atoms with E-state index in [0.717, 1.165) is 22.0 Å². The van der Waals surface area contributed by atoms with Gasteiger partial charge in [-0.25, -0.2) is 4.79 Å². The first-order valence-corrected chi connectivity index (χ1v) is 7.88. The lowest BCUT2D eigenvalue weighted by Crippen LogP contribution is -2.10. The molecule has 0 atom stereocenters. The first-order valence-electron chi connectivity index (χ1n) is 6.97. The van der Waals surface area contributed by atoms with Gasteiger partial charge >= 0.3 is 5.97 Å². The molecular weight excluding hydrogens is 333 g/mol. The molecule has 0 saturated heterocycles. The number of hydrogen-bond donors (Lipinski definition) is 0. The first-order chi connectivity index (χ1) is 11.2. The van der Waals surface area contributed by atoms with Gasteiger partial charge in [0, 0.05) is 16.0 Å². The number of esters is 1. The minimum Gasteiger partial charge on any atom is -0.465 e. The van der Waals surface area contributed by atoms with E-state index < -0.39 is 5.97 Å². The molecule has 0 aliphatic rings. The maximum Gasteiger partial charge on any atom is 0.340 e. The van der Waals surface area contributed by atoms with E-state index in [1.807, 2.05) is 36.4 Å². The van der Waals surface area contributed by atoms with Crippen molar-refractivity contribution in [2.75, 3.05) is 7.11 Å². The van der Waals surface area contributed by atoms with Crippen LogP contribution in [-0.2, 0) is 10.6 Å². The van der Waals surface area contributed by atoms with Crippen molar-refractivity contribution in [3.63, 3.8) is 0 Å². The number of hydrogen-bond acceptors (Lipinski definition) is 3. The predicted molar refractivity (Wildman–Crippen MR) is 93.1 cm³/mol. The van der Waals surface area contributed by atoms with Crippen LogP contribution in [0.15, 0.2) is 48.5 Å². The lowest BCUT2D eigenvalue weighted by atomic mass is 9.94. The summed E-state index contributed by atoms with van der Waals surface area (Å²) in [6.45, 7) is 0. The van der Waals surface area contributed by atoms with Crippen LogP contribution in [0.1, 0.15) is 16.1 Å². The Bertz CT molecular complexity index is 879. The average molecular weight is 346 g/mol. The van der Waals surface area contributed by atoms with Gasteiger partial charge < -0.3 is 4.74 Å². The lowest BCUT2D eigenvalue weighted by Gasteiger charge is -2.15. The van der Waals surface area contributed by atoms with Crippen molar-refractivity contribution in [2.45, 2.75) is 5.88 Å². The molecule has 0 aliphatic heterocycles. The number of benzene rings is 2. The van der Waals surface area contributed by atoms with Gasteiger partial charge in [-0.15, -0.1) is 11.6 Å². The number of fused-ring (bicyclic) bond motifs is 1. The minimum atomic E-state index is -0.464. The average Bonchev–Trinajstić information content (AvgIpc) is 2.60. The zero-order chi connectivity index (χ0) is 16.4. The number of pyridine rings is 1. The lowest BCUT2D eigenvalue weighted by molar-refractivity contribution is 0.0600. The standard InChI is InChI=1S/C18H13Cl2NO2/c1-23-18(22)17-15(10-19)21-14-8-7-12(20)9-13(14)16(17)11-5-3-2-4-6-11/h2-9H,10H2,1H3. The van der Waals surface area contributed by atoms with Gasteiger partial charge in [0.1, 0.15) is 0 Å². The topological polar surface area (TPSA) is 39.2 Å². The third kappa shape index (κ3) is 2.90. The number of ether oxygens (including phenoxy) is 1. The molecule has 0 aliphatic carbocycles. The van der Waals surface area contributed by atoms with E-state index in [2.05, 4.69) is 4.98 Å². The van der Waals surface area contributed by atoms with Gasteiger partial charge in [-0.1, -0.05) is 41.9 Å². The summed E-state index contributed by atoms with van der Waals surface area (Å²) >= 11 is 12.2. The van der Waals surface area contributed by atoms with Gasteiger partial charge in [-0.05, 0) is 23.8 Å². The van der Waals surface area contributed by atoms with Crippen LogP contribution in [0.25, 0.3) is 22.0 Å². The number of halogens is 2. The predicted octanol–water partition coefficient (Wildman–Crippen LogP) is 5.08. The maximum atomic E-state index is 12.4. The molecule has 0 radical (unpaired) electrons. The van der Waals surface area contributed by atoms with Crippen molar-refractivity contribution < 1.29 is 9.53 Å². The zero-order valence-electron chi connectivity index (χ0n) is 12.3. The molecule has 0 amide bonds. The molecule has 5 heteroatoms. The summed E-state index contributed by atoms with van der Waals surface area (Å²) in [5, 5.41) is 1.36. The van der Waals surface area contributed by atoms with Crippen LogP contribution in [-0.4, -0.2) is 18.1 Å². The molecule has 0 unspecified atom stereocenters. The van der Waals surface area contributed by atoms with Crippen LogP contribution < -0.4 is 0 Å². The molecule has 3 rings (SSSR count). The van der Waals surface area contributed by atoms with Crippen molar-refractivity contribution >= 4 is 40.1 Å². The van der Waals surface area contributed by atoms with E-state index in [4.69, 9.17) is 27.9 Å². The fourth-order valence-corrected chi connectivity index (χ4v) is 2.98. The summed E-state index contributed by atoms with van der Waals surface area (Å²) in [5.41, 5.74) is 3.22. The van der Waals surface area contributed by atoms with E-state index in [-0.39, 0.29) is 5.88 Å². The Morgan fingerprint density at radius 1 is 1.17 bits per heavy atom. The molecule has 0 saturated carbocycles. The summed E-state index contributed by atoms with van der Waals surface area (Å²) in [4.78, 5) is 16.9. The molecule has 116 valence electrons. The summed E-state index contributed by atoms with van der Waals surface area (Å²) in [6, 6.07) is 15.0. The van der Waals surface area contributed by atoms with Crippen molar-refractivity contribution in [2.24, 2.45) is 0 Å². The molecule has 3 nitrogen and oxygen atoms in total. The summed E-state index contributed by atoms with van der Waals surface area (Å²) in [5.74, 6) is -0.350. The van der Waals surface area contributed by atoms with E-state index in [0.29, 0.717) is 16.3 Å². The van der Waals surface area contributed by atoms with Crippen LogP contribution in [0.4, 0.5) is 0 Å². The van der Waals surface area contributed by atoms with Gasteiger partial charge in [-0.2, -0.15) is 0 Å². The van der Waals surface area contributed by atoms with Crippen LogP contribution >= 0.6 is 23.2 Å². The van der Waals surface area contributed by atoms with Gasteiger partial charge in [0.15, 0.2) is 0 Å². The maximum absolute atomic E-state index is 12.4. The molecule has 2 aromatic carbocycles. The highest BCUT2D eigenvalue weighted by molar-refractivity contribution is 6.31. The van der Waals surface area contributed by atoms with Crippen molar-refractivity contribution in [1.82, 2.24) is 4.98 Å². The zero-order valence-corrected chi connectivity index (χ0v) is 13.9. The number of rotatable bonds is 3. The van der Waals surface area contributed by atoms with E-state index >= 15 is 0 Å². The monoisotopic (exact) mass is 345 g/mol. The summed E-state index contributed by atoms with van der Waals surface area (Å²) < 4.78 is 4.95. The van der Waals surface area contributed by atoms with Crippen molar-refractivity contribution in [3.8, 4) is 11.1 Å². The number of alkyl halides is 1. The van der Waals surface area contributed by atoms with E-state index in [1.54, 1.807) is 12.1 Å². The highest BCUT2D eigenvalue weighted by Crippen LogP contribution is 2.35. The van der Waals surface area contributed by atoms with Gasteiger partial charge in [0.25, 0.3) is 0 Å². The molecule has 0 bridgehead atoms. The molecule has 23 heavy (non-hydrogen) atoms. The smallest absolute Gasteiger partial charge is 0.340 e. The Morgan fingerprint density at radius 2 is 1.91 bits per heavy atom. The molecule has 0 fully saturated rings. The quantitative estimate of drug-likeness (QED) is 0.490. The molecular formula is C18H13Cl2NO2. The van der Waals surface area contributed by atoms with E-state index in [9.17, 15) is 4.79 Å². The number of nitrogens with zero attached hydrogens (tertiary/aromatic N) is 1. The van der Waals surface area contributed by atoms with Crippen LogP contribution in [0.3, 0.4) is 0 Å². The Hall–Kier alpha value is -2.10. The Kier molecular flexibility index (Phi) is 4.51. The second-order valence-corrected chi connectivity index (χ2v) is 5.66. The van der Waals surface area contributed by atoms with E-state index in [1.165, 1.54) is 7.11 Å². The number of aromatic nitrogens is 1. The molecule has 1 aromatic heterocycles. The molecule has 0 N–H and O–H groups in total. The number of carbonyl (C=O) groups is 1. The second kappa shape index (κ2) is 6.57. The summed E-state index contributed by atoms with van der Waals surface area (Å²) in [6.07, 6.45) is 0. The van der Waals surface area contributed by atoms with Gasteiger partial charge in [0.05, 0.1) is 29.8 Å².